The van der Waals surface area contributed by atoms with Crippen LogP contribution in [0.2, 0.25) is 0 Å². The zero-order chi connectivity index (χ0) is 18.4. The van der Waals surface area contributed by atoms with Gasteiger partial charge in [0.15, 0.2) is 6.61 Å². The molecule has 0 radical (unpaired) electrons. The van der Waals surface area contributed by atoms with Crippen LogP contribution in [0.15, 0.2) is 54.0 Å². The van der Waals surface area contributed by atoms with Gasteiger partial charge in [-0.15, -0.1) is 11.3 Å². The van der Waals surface area contributed by atoms with Crippen LogP contribution >= 0.6 is 11.3 Å². The van der Waals surface area contributed by atoms with Crippen molar-refractivity contribution in [1.82, 2.24) is 15.1 Å². The Morgan fingerprint density at radius 2 is 2.04 bits per heavy atom. The van der Waals surface area contributed by atoms with E-state index in [1.165, 1.54) is 5.56 Å². The Labute approximate surface area is 157 Å². The van der Waals surface area contributed by atoms with Crippen LogP contribution in [0.3, 0.4) is 0 Å². The largest absolute Gasteiger partial charge is 0.484 e. The number of thiophene rings is 1. The Hall–Kier alpha value is -2.60. The smallest absolute Gasteiger partial charge is 0.258 e. The average molecular weight is 369 g/mol. The molecule has 1 aromatic carbocycles. The van der Waals surface area contributed by atoms with Gasteiger partial charge in [0.25, 0.3) is 5.91 Å². The summed E-state index contributed by atoms with van der Waals surface area (Å²) in [4.78, 5) is 13.1. The van der Waals surface area contributed by atoms with Crippen molar-refractivity contribution in [1.29, 1.82) is 0 Å². The highest BCUT2D eigenvalue weighted by Crippen LogP contribution is 2.22. The number of aromatic nitrogens is 2. The van der Waals surface area contributed by atoms with Gasteiger partial charge in [-0.1, -0.05) is 32.0 Å². The molecule has 0 aliphatic heterocycles. The first-order valence-electron chi connectivity index (χ1n) is 8.68. The summed E-state index contributed by atoms with van der Waals surface area (Å²) in [5.74, 6) is 1.05. The van der Waals surface area contributed by atoms with E-state index in [2.05, 4.69) is 24.3 Å². The maximum atomic E-state index is 11.9. The van der Waals surface area contributed by atoms with Crippen molar-refractivity contribution in [3.63, 3.8) is 0 Å². The van der Waals surface area contributed by atoms with Gasteiger partial charge < -0.3 is 10.1 Å². The Kier molecular flexibility index (Phi) is 6.07. The standard InChI is InChI=1S/C20H23N3O2S/c1-15(2)16-5-7-17(8-6-16)25-14-20(24)21-10-12-23-11-9-18(22-23)19-4-3-13-26-19/h3-9,11,13,15H,10,12,14H2,1-2H3,(H,21,24). The lowest BCUT2D eigenvalue weighted by atomic mass is 10.0. The lowest BCUT2D eigenvalue weighted by Gasteiger charge is -2.09. The molecule has 3 aromatic rings. The predicted octanol–water partition coefficient (Wildman–Crippen LogP) is 3.93. The molecular formula is C20H23N3O2S. The van der Waals surface area contributed by atoms with Gasteiger partial charge in [0.1, 0.15) is 11.4 Å². The minimum absolute atomic E-state index is 0.0145. The quantitative estimate of drug-likeness (QED) is 0.654. The predicted molar refractivity (Wildman–Crippen MR) is 105 cm³/mol. The lowest BCUT2D eigenvalue weighted by Crippen LogP contribution is -2.31. The van der Waals surface area contributed by atoms with Crippen molar-refractivity contribution in [2.45, 2.75) is 26.3 Å². The summed E-state index contributed by atoms with van der Waals surface area (Å²) in [5.41, 5.74) is 2.21. The van der Waals surface area contributed by atoms with Crippen molar-refractivity contribution in [2.75, 3.05) is 13.2 Å². The summed E-state index contributed by atoms with van der Waals surface area (Å²) in [5, 5.41) is 9.40. The van der Waals surface area contributed by atoms with E-state index >= 15 is 0 Å². The molecule has 0 bridgehead atoms. The van der Waals surface area contributed by atoms with E-state index < -0.39 is 0 Å². The number of hydrogen-bond acceptors (Lipinski definition) is 4. The van der Waals surface area contributed by atoms with Crippen molar-refractivity contribution in [3.05, 3.63) is 59.6 Å². The van der Waals surface area contributed by atoms with Crippen LogP contribution < -0.4 is 10.1 Å². The third-order valence-electron chi connectivity index (χ3n) is 3.99. The van der Waals surface area contributed by atoms with Crippen LogP contribution in [0.5, 0.6) is 5.75 Å². The summed E-state index contributed by atoms with van der Waals surface area (Å²) in [6.45, 7) is 5.44. The first kappa shape index (κ1) is 18.2. The van der Waals surface area contributed by atoms with Crippen LogP contribution in [-0.2, 0) is 11.3 Å². The summed E-state index contributed by atoms with van der Waals surface area (Å²) >= 11 is 1.66. The molecule has 5 nitrogen and oxygen atoms in total. The van der Waals surface area contributed by atoms with E-state index in [1.54, 1.807) is 11.3 Å². The van der Waals surface area contributed by atoms with Crippen LogP contribution in [0.25, 0.3) is 10.6 Å². The molecule has 1 N–H and O–H groups in total. The third-order valence-corrected chi connectivity index (χ3v) is 4.89. The van der Waals surface area contributed by atoms with E-state index in [0.717, 1.165) is 10.6 Å². The second-order valence-corrected chi connectivity index (χ2v) is 7.25. The highest BCUT2D eigenvalue weighted by atomic mass is 32.1. The van der Waals surface area contributed by atoms with Crippen LogP contribution in [-0.4, -0.2) is 28.8 Å². The zero-order valence-corrected chi connectivity index (χ0v) is 15.8. The number of nitrogens with one attached hydrogen (secondary N) is 1. The van der Waals surface area contributed by atoms with Gasteiger partial charge in [0.2, 0.25) is 0 Å². The highest BCUT2D eigenvalue weighted by molar-refractivity contribution is 7.13. The first-order chi connectivity index (χ1) is 12.6. The van der Waals surface area contributed by atoms with E-state index in [1.807, 2.05) is 58.7 Å². The Morgan fingerprint density at radius 3 is 2.73 bits per heavy atom. The molecule has 0 aliphatic carbocycles. The van der Waals surface area contributed by atoms with Crippen molar-refractivity contribution >= 4 is 17.2 Å². The van der Waals surface area contributed by atoms with Gasteiger partial charge in [0.05, 0.1) is 11.4 Å². The van der Waals surface area contributed by atoms with Crippen molar-refractivity contribution in [2.24, 2.45) is 0 Å². The number of carbonyl (C=O) groups is 1. The molecule has 136 valence electrons. The molecule has 2 aromatic heterocycles. The Bertz CT molecular complexity index is 823. The molecule has 3 rings (SSSR count). The fourth-order valence-corrected chi connectivity index (χ4v) is 3.19. The molecule has 0 atom stereocenters. The van der Waals surface area contributed by atoms with Crippen LogP contribution in [0.1, 0.15) is 25.3 Å². The zero-order valence-electron chi connectivity index (χ0n) is 15.0. The molecule has 1 amide bonds. The topological polar surface area (TPSA) is 56.1 Å². The highest BCUT2D eigenvalue weighted by Gasteiger charge is 2.06. The fraction of sp³-hybridized carbons (Fsp3) is 0.300. The molecule has 26 heavy (non-hydrogen) atoms. The van der Waals surface area contributed by atoms with Crippen LogP contribution in [0, 0.1) is 0 Å². The maximum absolute atomic E-state index is 11.9. The Morgan fingerprint density at radius 1 is 1.23 bits per heavy atom. The number of nitrogens with zero attached hydrogens (tertiary/aromatic N) is 2. The van der Waals surface area contributed by atoms with E-state index in [-0.39, 0.29) is 12.5 Å². The summed E-state index contributed by atoms with van der Waals surface area (Å²) < 4.78 is 7.36. The molecular weight excluding hydrogens is 346 g/mol. The normalized spacial score (nSPS) is 10.9. The van der Waals surface area contributed by atoms with Crippen molar-refractivity contribution < 1.29 is 9.53 Å². The lowest BCUT2D eigenvalue weighted by molar-refractivity contribution is -0.123. The summed E-state index contributed by atoms with van der Waals surface area (Å²) in [7, 11) is 0. The number of amides is 1. The molecule has 0 unspecified atom stereocenters. The number of rotatable bonds is 8. The van der Waals surface area contributed by atoms with E-state index in [4.69, 9.17) is 4.74 Å². The molecule has 0 saturated heterocycles. The fourth-order valence-electron chi connectivity index (χ4n) is 2.50. The minimum atomic E-state index is -0.136. The van der Waals surface area contributed by atoms with Gasteiger partial charge in [-0.25, -0.2) is 0 Å². The molecule has 0 aliphatic rings. The number of carbonyl (C=O) groups excluding carboxylic acids is 1. The number of benzene rings is 1. The molecule has 6 heteroatoms. The average Bonchev–Trinajstić information content (AvgIpc) is 3.32. The first-order valence-corrected chi connectivity index (χ1v) is 9.56. The van der Waals surface area contributed by atoms with Gasteiger partial charge in [-0.2, -0.15) is 5.10 Å². The second-order valence-electron chi connectivity index (χ2n) is 6.30. The van der Waals surface area contributed by atoms with E-state index in [0.29, 0.717) is 24.8 Å². The monoisotopic (exact) mass is 369 g/mol. The molecule has 2 heterocycles. The maximum Gasteiger partial charge on any atom is 0.258 e. The van der Waals surface area contributed by atoms with Crippen LogP contribution in [0.4, 0.5) is 0 Å². The number of hydrogen-bond donors (Lipinski definition) is 1. The van der Waals surface area contributed by atoms with Gasteiger partial charge >= 0.3 is 0 Å². The molecule has 0 saturated carbocycles. The number of ether oxygens (including phenoxy) is 1. The summed E-state index contributed by atoms with van der Waals surface area (Å²) in [6.07, 6.45) is 1.92. The second kappa shape index (κ2) is 8.67. The molecule has 0 fully saturated rings. The van der Waals surface area contributed by atoms with E-state index in [9.17, 15) is 4.79 Å². The third kappa shape index (κ3) is 4.95. The SMILES string of the molecule is CC(C)c1ccc(OCC(=O)NCCn2ccc(-c3cccs3)n2)cc1. The molecule has 0 spiro atoms. The van der Waals surface area contributed by atoms with Crippen molar-refractivity contribution in [3.8, 4) is 16.3 Å². The van der Waals surface area contributed by atoms with Gasteiger partial charge in [-0.05, 0) is 41.1 Å². The van der Waals surface area contributed by atoms with Gasteiger partial charge in [0, 0.05) is 12.7 Å². The van der Waals surface area contributed by atoms with Gasteiger partial charge in [-0.3, -0.25) is 9.48 Å². The Balaban J connectivity index is 1.39. The summed E-state index contributed by atoms with van der Waals surface area (Å²) in [6, 6.07) is 13.9. The minimum Gasteiger partial charge on any atom is -0.484 e.